The summed E-state index contributed by atoms with van der Waals surface area (Å²) in [5.74, 6) is 1.07. The molecule has 0 heterocycles. The molecule has 3 atom stereocenters. The molecule has 0 aromatic carbocycles. The summed E-state index contributed by atoms with van der Waals surface area (Å²) >= 11 is 0. The zero-order valence-corrected chi connectivity index (χ0v) is 14.1. The summed E-state index contributed by atoms with van der Waals surface area (Å²) in [7, 11) is 4.17. The lowest BCUT2D eigenvalue weighted by Crippen LogP contribution is -2.54. The van der Waals surface area contributed by atoms with E-state index >= 15 is 0 Å². The van der Waals surface area contributed by atoms with Crippen molar-refractivity contribution >= 4 is 5.91 Å². The van der Waals surface area contributed by atoms with Crippen LogP contribution >= 0.6 is 0 Å². The van der Waals surface area contributed by atoms with Crippen LogP contribution in [0.1, 0.15) is 47.0 Å². The van der Waals surface area contributed by atoms with E-state index in [1.165, 1.54) is 0 Å². The molecule has 1 rings (SSSR count). The number of hydrogen-bond donors (Lipinski definition) is 1. The molecular weight excluding hydrogens is 248 g/mol. The van der Waals surface area contributed by atoms with Gasteiger partial charge in [0.05, 0.1) is 5.41 Å². The third-order valence-electron chi connectivity index (χ3n) is 4.40. The van der Waals surface area contributed by atoms with E-state index in [0.29, 0.717) is 11.8 Å². The minimum absolute atomic E-state index is 0.177. The highest BCUT2D eigenvalue weighted by atomic mass is 16.2. The van der Waals surface area contributed by atoms with Gasteiger partial charge < -0.3 is 10.2 Å². The lowest BCUT2D eigenvalue weighted by molar-refractivity contribution is -0.138. The van der Waals surface area contributed by atoms with Gasteiger partial charge in [0.25, 0.3) is 0 Å². The number of nitrogens with one attached hydrogen (secondary N) is 1. The topological polar surface area (TPSA) is 32.3 Å². The molecule has 3 unspecified atom stereocenters. The van der Waals surface area contributed by atoms with E-state index in [0.717, 1.165) is 25.8 Å². The van der Waals surface area contributed by atoms with Crippen molar-refractivity contribution in [2.75, 3.05) is 20.6 Å². The molecule has 1 N–H and O–H groups in total. The molecule has 0 bridgehead atoms. The molecule has 1 saturated carbocycles. The SMILES string of the molecule is C=CC1CCC(CN(C)C)C(C)(C(=O)NC(C)(C)C)C1. The molecule has 1 aliphatic rings. The lowest BCUT2D eigenvalue weighted by Gasteiger charge is -2.45. The number of carbonyl (C=O) groups is 1. The standard InChI is InChI=1S/C17H32N2O/c1-8-13-9-10-14(12-19(6)7)17(5,11-13)15(20)18-16(2,3)4/h8,13-14H,1,9-12H2,2-7H3,(H,18,20). The molecule has 1 aliphatic carbocycles. The summed E-state index contributed by atoms with van der Waals surface area (Å²) in [5.41, 5.74) is -0.474. The molecule has 0 aliphatic heterocycles. The van der Waals surface area contributed by atoms with E-state index in [4.69, 9.17) is 0 Å². The number of allylic oxidation sites excluding steroid dienone is 1. The van der Waals surface area contributed by atoms with Crippen molar-refractivity contribution in [3.8, 4) is 0 Å². The summed E-state index contributed by atoms with van der Waals surface area (Å²) in [5, 5.41) is 3.19. The smallest absolute Gasteiger partial charge is 0.226 e. The Morgan fingerprint density at radius 1 is 1.40 bits per heavy atom. The van der Waals surface area contributed by atoms with Gasteiger partial charge in [-0.2, -0.15) is 0 Å². The Labute approximate surface area is 124 Å². The number of rotatable bonds is 4. The van der Waals surface area contributed by atoms with Gasteiger partial charge in [-0.15, -0.1) is 6.58 Å². The molecule has 1 amide bonds. The van der Waals surface area contributed by atoms with Crippen LogP contribution in [0, 0.1) is 17.3 Å². The summed E-state index contributed by atoms with van der Waals surface area (Å²) in [6.45, 7) is 13.2. The van der Waals surface area contributed by atoms with Crippen molar-refractivity contribution in [1.29, 1.82) is 0 Å². The van der Waals surface area contributed by atoms with Crippen LogP contribution in [0.2, 0.25) is 0 Å². The second kappa shape index (κ2) is 6.30. The Balaban J connectivity index is 2.95. The summed E-state index contributed by atoms with van der Waals surface area (Å²) < 4.78 is 0. The third-order valence-corrected chi connectivity index (χ3v) is 4.40. The van der Waals surface area contributed by atoms with Gasteiger partial charge in [0, 0.05) is 12.1 Å². The average molecular weight is 280 g/mol. The van der Waals surface area contributed by atoms with E-state index in [2.05, 4.69) is 37.8 Å². The normalized spacial score (nSPS) is 31.1. The molecule has 1 fully saturated rings. The zero-order chi connectivity index (χ0) is 15.6. The fourth-order valence-electron chi connectivity index (χ4n) is 3.24. The van der Waals surface area contributed by atoms with Crippen molar-refractivity contribution in [1.82, 2.24) is 10.2 Å². The van der Waals surface area contributed by atoms with Gasteiger partial charge in [0.2, 0.25) is 5.91 Å². The second-order valence-corrected chi connectivity index (χ2v) is 7.86. The predicted molar refractivity (Wildman–Crippen MR) is 85.6 cm³/mol. The molecule has 116 valence electrons. The van der Waals surface area contributed by atoms with Crippen molar-refractivity contribution in [2.45, 2.75) is 52.5 Å². The zero-order valence-electron chi connectivity index (χ0n) is 14.1. The Hall–Kier alpha value is -0.830. The lowest BCUT2D eigenvalue weighted by atomic mass is 9.63. The first-order valence-corrected chi connectivity index (χ1v) is 7.68. The summed E-state index contributed by atoms with van der Waals surface area (Å²) in [6.07, 6.45) is 5.19. The van der Waals surface area contributed by atoms with Crippen LogP contribution in [0.5, 0.6) is 0 Å². The molecule has 3 heteroatoms. The van der Waals surface area contributed by atoms with Crippen LogP contribution in [-0.2, 0) is 4.79 Å². The van der Waals surface area contributed by atoms with Gasteiger partial charge in [0.15, 0.2) is 0 Å². The van der Waals surface area contributed by atoms with Gasteiger partial charge >= 0.3 is 0 Å². The third kappa shape index (κ3) is 4.34. The Kier molecular flexibility index (Phi) is 5.42. The highest BCUT2D eigenvalue weighted by Crippen LogP contribution is 2.44. The maximum Gasteiger partial charge on any atom is 0.226 e. The minimum atomic E-state index is -0.297. The molecule has 0 aromatic heterocycles. The molecule has 0 saturated heterocycles. The highest BCUT2D eigenvalue weighted by molar-refractivity contribution is 5.83. The van der Waals surface area contributed by atoms with Gasteiger partial charge in [-0.05, 0) is 66.0 Å². The molecule has 0 radical (unpaired) electrons. The maximum absolute atomic E-state index is 12.8. The van der Waals surface area contributed by atoms with Crippen LogP contribution in [0.25, 0.3) is 0 Å². The Morgan fingerprint density at radius 3 is 2.45 bits per heavy atom. The Bertz CT molecular complexity index is 356. The average Bonchev–Trinajstić information content (AvgIpc) is 2.29. The van der Waals surface area contributed by atoms with Gasteiger partial charge in [0.1, 0.15) is 0 Å². The fraction of sp³-hybridized carbons (Fsp3) is 0.824. The van der Waals surface area contributed by atoms with Gasteiger partial charge in [-0.1, -0.05) is 13.0 Å². The fourth-order valence-corrected chi connectivity index (χ4v) is 3.24. The first-order chi connectivity index (χ1) is 9.08. The van der Waals surface area contributed by atoms with E-state index in [9.17, 15) is 4.79 Å². The van der Waals surface area contributed by atoms with Crippen LogP contribution in [-0.4, -0.2) is 37.0 Å². The highest BCUT2D eigenvalue weighted by Gasteiger charge is 2.46. The molecule has 3 nitrogen and oxygen atoms in total. The monoisotopic (exact) mass is 280 g/mol. The van der Waals surface area contributed by atoms with Crippen LogP contribution in [0.4, 0.5) is 0 Å². The van der Waals surface area contributed by atoms with Crippen LogP contribution < -0.4 is 5.32 Å². The largest absolute Gasteiger partial charge is 0.351 e. The Morgan fingerprint density at radius 2 is 2.00 bits per heavy atom. The van der Waals surface area contributed by atoms with Crippen LogP contribution in [0.3, 0.4) is 0 Å². The van der Waals surface area contributed by atoms with Crippen molar-refractivity contribution in [3.05, 3.63) is 12.7 Å². The first kappa shape index (κ1) is 17.2. The van der Waals surface area contributed by atoms with E-state index in [1.54, 1.807) is 0 Å². The second-order valence-electron chi connectivity index (χ2n) is 7.86. The summed E-state index contributed by atoms with van der Waals surface area (Å²) in [6, 6.07) is 0. The number of nitrogens with zero attached hydrogens (tertiary/aromatic N) is 1. The van der Waals surface area contributed by atoms with Crippen LogP contribution in [0.15, 0.2) is 12.7 Å². The van der Waals surface area contributed by atoms with Crippen molar-refractivity contribution in [2.24, 2.45) is 17.3 Å². The van der Waals surface area contributed by atoms with Gasteiger partial charge in [-0.25, -0.2) is 0 Å². The molecular formula is C17H32N2O. The number of carbonyl (C=O) groups excluding carboxylic acids is 1. The first-order valence-electron chi connectivity index (χ1n) is 7.68. The summed E-state index contributed by atoms with van der Waals surface area (Å²) in [4.78, 5) is 15.0. The molecule has 0 spiro atoms. The van der Waals surface area contributed by atoms with E-state index in [1.807, 2.05) is 26.8 Å². The number of amides is 1. The predicted octanol–water partition coefficient (Wildman–Crippen LogP) is 3.07. The number of hydrogen-bond acceptors (Lipinski definition) is 2. The molecule has 0 aromatic rings. The minimum Gasteiger partial charge on any atom is -0.351 e. The quantitative estimate of drug-likeness (QED) is 0.803. The van der Waals surface area contributed by atoms with Crippen molar-refractivity contribution < 1.29 is 4.79 Å². The van der Waals surface area contributed by atoms with Gasteiger partial charge in [-0.3, -0.25) is 4.79 Å². The van der Waals surface area contributed by atoms with E-state index in [-0.39, 0.29) is 16.9 Å². The maximum atomic E-state index is 12.8. The van der Waals surface area contributed by atoms with E-state index < -0.39 is 0 Å². The molecule has 20 heavy (non-hydrogen) atoms. The van der Waals surface area contributed by atoms with Crippen molar-refractivity contribution in [3.63, 3.8) is 0 Å².